The fourth-order valence-corrected chi connectivity index (χ4v) is 4.63. The molecular formula is C20H24F3N5O2. The predicted octanol–water partition coefficient (Wildman–Crippen LogP) is 3.05. The summed E-state index contributed by atoms with van der Waals surface area (Å²) in [5.41, 5.74) is 6.64. The average Bonchev–Trinajstić information content (AvgIpc) is 3.56. The van der Waals surface area contributed by atoms with E-state index in [1.807, 2.05) is 6.20 Å². The quantitative estimate of drug-likeness (QED) is 0.738. The number of fused-ring (bicyclic) bond motifs is 1. The summed E-state index contributed by atoms with van der Waals surface area (Å²) in [4.78, 5) is 11.1. The van der Waals surface area contributed by atoms with Gasteiger partial charge in [0.1, 0.15) is 5.82 Å². The highest BCUT2D eigenvalue weighted by molar-refractivity contribution is 5.64. The first-order valence-corrected chi connectivity index (χ1v) is 10.2. The number of alkyl halides is 3. The Bertz CT molecular complexity index is 931. The molecule has 162 valence electrons. The molecule has 10 heteroatoms. The summed E-state index contributed by atoms with van der Waals surface area (Å²) in [7, 11) is 1.71. The minimum Gasteiger partial charge on any atom is -0.402 e. The van der Waals surface area contributed by atoms with Crippen LogP contribution in [0.2, 0.25) is 0 Å². The first-order chi connectivity index (χ1) is 14.3. The van der Waals surface area contributed by atoms with Crippen LogP contribution in [-0.2, 0) is 4.74 Å². The van der Waals surface area contributed by atoms with Crippen LogP contribution in [0.25, 0.3) is 11.3 Å². The maximum Gasteiger partial charge on any atom is 0.573 e. The number of rotatable bonds is 7. The van der Waals surface area contributed by atoms with E-state index in [-0.39, 0.29) is 5.82 Å². The third kappa shape index (κ3) is 3.74. The summed E-state index contributed by atoms with van der Waals surface area (Å²) in [6, 6.07) is 1.67. The highest BCUT2D eigenvalue weighted by Crippen LogP contribution is 2.57. The van der Waals surface area contributed by atoms with E-state index in [0.29, 0.717) is 35.1 Å². The van der Waals surface area contributed by atoms with Gasteiger partial charge in [-0.05, 0) is 30.7 Å². The highest BCUT2D eigenvalue weighted by atomic mass is 19.4. The molecule has 0 spiro atoms. The van der Waals surface area contributed by atoms with Gasteiger partial charge in [0.25, 0.3) is 0 Å². The number of halogens is 3. The fraction of sp³-hybridized carbons (Fsp3) is 0.600. The second-order valence-corrected chi connectivity index (χ2v) is 8.39. The van der Waals surface area contributed by atoms with Crippen molar-refractivity contribution < 1.29 is 22.6 Å². The predicted molar refractivity (Wildman–Crippen MR) is 103 cm³/mol. The zero-order valence-electron chi connectivity index (χ0n) is 16.6. The molecule has 1 aliphatic heterocycles. The third-order valence-corrected chi connectivity index (χ3v) is 6.26. The van der Waals surface area contributed by atoms with Gasteiger partial charge in [-0.25, -0.2) is 9.97 Å². The smallest absolute Gasteiger partial charge is 0.402 e. The number of imidazole rings is 1. The van der Waals surface area contributed by atoms with Crippen LogP contribution in [0.1, 0.15) is 30.6 Å². The lowest BCUT2D eigenvalue weighted by Gasteiger charge is -2.20. The molecule has 1 unspecified atom stereocenters. The molecule has 2 saturated carbocycles. The SMILES string of the molecule is COCCN1C[C@@H]2C(n3cc(-c4cnc(N)c(OC(F)(F)F)c4)nc3C3CC3)[C@@H]2C1. The first kappa shape index (κ1) is 19.6. The van der Waals surface area contributed by atoms with Gasteiger partial charge < -0.3 is 24.7 Å². The van der Waals surface area contributed by atoms with Gasteiger partial charge in [0.05, 0.1) is 12.3 Å². The molecule has 3 aliphatic rings. The van der Waals surface area contributed by atoms with Crippen LogP contribution in [0.4, 0.5) is 19.0 Å². The number of nitrogens with zero attached hydrogens (tertiary/aromatic N) is 4. The number of hydrogen-bond donors (Lipinski definition) is 1. The second kappa shape index (κ2) is 7.12. The third-order valence-electron chi connectivity index (χ3n) is 6.26. The molecule has 5 rings (SSSR count). The molecule has 3 atom stereocenters. The topological polar surface area (TPSA) is 78.4 Å². The average molecular weight is 423 g/mol. The molecule has 2 aromatic heterocycles. The summed E-state index contributed by atoms with van der Waals surface area (Å²) >= 11 is 0. The number of likely N-dealkylation sites (tertiary alicyclic amines) is 1. The summed E-state index contributed by atoms with van der Waals surface area (Å²) in [5.74, 6) is 1.84. The van der Waals surface area contributed by atoms with Crippen molar-refractivity contribution >= 4 is 5.82 Å². The zero-order chi connectivity index (χ0) is 21.0. The van der Waals surface area contributed by atoms with Gasteiger partial charge in [-0.2, -0.15) is 0 Å². The molecule has 2 aliphatic carbocycles. The van der Waals surface area contributed by atoms with E-state index in [2.05, 4.69) is 19.2 Å². The molecule has 3 fully saturated rings. The van der Waals surface area contributed by atoms with E-state index in [1.165, 1.54) is 12.3 Å². The molecule has 7 nitrogen and oxygen atoms in total. The second-order valence-electron chi connectivity index (χ2n) is 8.39. The van der Waals surface area contributed by atoms with Gasteiger partial charge in [-0.15, -0.1) is 13.2 Å². The van der Waals surface area contributed by atoms with Gasteiger partial charge in [-0.3, -0.25) is 0 Å². The Kier molecular flexibility index (Phi) is 4.66. The van der Waals surface area contributed by atoms with E-state index < -0.39 is 12.1 Å². The van der Waals surface area contributed by atoms with Crippen LogP contribution >= 0.6 is 0 Å². The van der Waals surface area contributed by atoms with E-state index in [0.717, 1.165) is 44.9 Å². The van der Waals surface area contributed by atoms with E-state index in [4.69, 9.17) is 15.5 Å². The number of methoxy groups -OCH3 is 1. The summed E-state index contributed by atoms with van der Waals surface area (Å²) in [6.07, 6.45) is 0.776. The van der Waals surface area contributed by atoms with Gasteiger partial charge in [0, 0.05) is 56.7 Å². The number of hydrogen-bond acceptors (Lipinski definition) is 6. The van der Waals surface area contributed by atoms with E-state index in [1.54, 1.807) is 7.11 Å². The van der Waals surface area contributed by atoms with Crippen LogP contribution < -0.4 is 10.5 Å². The number of ether oxygens (including phenoxy) is 2. The molecule has 1 saturated heterocycles. The Morgan fingerprint density at radius 2 is 1.97 bits per heavy atom. The van der Waals surface area contributed by atoms with Gasteiger partial charge >= 0.3 is 6.36 Å². The minimum atomic E-state index is -4.83. The van der Waals surface area contributed by atoms with Crippen molar-refractivity contribution in [2.24, 2.45) is 11.8 Å². The van der Waals surface area contributed by atoms with Crippen molar-refractivity contribution in [2.75, 3.05) is 39.1 Å². The maximum absolute atomic E-state index is 12.7. The molecule has 2 N–H and O–H groups in total. The summed E-state index contributed by atoms with van der Waals surface area (Å²) in [6.45, 7) is 3.77. The number of aromatic nitrogens is 3. The van der Waals surface area contributed by atoms with Crippen molar-refractivity contribution in [3.63, 3.8) is 0 Å². The van der Waals surface area contributed by atoms with Crippen molar-refractivity contribution in [3.05, 3.63) is 24.3 Å². The first-order valence-electron chi connectivity index (χ1n) is 10.2. The Balaban J connectivity index is 1.38. The number of nitrogen functional groups attached to an aromatic ring is 1. The Morgan fingerprint density at radius 3 is 2.60 bits per heavy atom. The normalized spacial score (nSPS) is 26.1. The van der Waals surface area contributed by atoms with Gasteiger partial charge in [0.15, 0.2) is 11.6 Å². The van der Waals surface area contributed by atoms with Crippen LogP contribution in [0, 0.1) is 11.8 Å². The molecule has 2 aromatic rings. The zero-order valence-corrected chi connectivity index (χ0v) is 16.6. The summed E-state index contributed by atoms with van der Waals surface area (Å²) < 4.78 is 49.4. The molecular weight excluding hydrogens is 399 g/mol. The lowest BCUT2D eigenvalue weighted by atomic mass is 10.2. The number of piperidine rings is 1. The van der Waals surface area contributed by atoms with Crippen LogP contribution in [-0.4, -0.2) is 59.1 Å². The molecule has 0 amide bonds. The van der Waals surface area contributed by atoms with Crippen LogP contribution in [0.5, 0.6) is 5.75 Å². The molecule has 3 heterocycles. The molecule has 30 heavy (non-hydrogen) atoms. The number of nitrogens with two attached hydrogens (primary N) is 1. The van der Waals surface area contributed by atoms with Crippen molar-refractivity contribution in [1.82, 2.24) is 19.4 Å². The lowest BCUT2D eigenvalue weighted by Crippen LogP contribution is -2.28. The summed E-state index contributed by atoms with van der Waals surface area (Å²) in [5, 5.41) is 0. The lowest BCUT2D eigenvalue weighted by molar-refractivity contribution is -0.274. The van der Waals surface area contributed by atoms with E-state index in [9.17, 15) is 13.2 Å². The van der Waals surface area contributed by atoms with Gasteiger partial charge in [0.2, 0.25) is 0 Å². The number of pyridine rings is 1. The van der Waals surface area contributed by atoms with E-state index >= 15 is 0 Å². The van der Waals surface area contributed by atoms with Crippen LogP contribution in [0.3, 0.4) is 0 Å². The minimum absolute atomic E-state index is 0.300. The van der Waals surface area contributed by atoms with Crippen molar-refractivity contribution in [2.45, 2.75) is 31.2 Å². The Labute approximate surface area is 172 Å². The maximum atomic E-state index is 12.7. The number of anilines is 1. The fourth-order valence-electron chi connectivity index (χ4n) is 4.63. The van der Waals surface area contributed by atoms with Crippen LogP contribution in [0.15, 0.2) is 18.5 Å². The molecule has 0 radical (unpaired) electrons. The van der Waals surface area contributed by atoms with Crippen molar-refractivity contribution in [3.8, 4) is 17.0 Å². The monoisotopic (exact) mass is 423 g/mol. The standard InChI is InChI=1S/C20H24F3N5O2/c1-29-5-4-27-8-13-14(9-27)17(13)28-10-15(26-19(28)11-2-3-11)12-6-16(18(24)25-7-12)30-20(21,22)23/h6-7,10-11,13-14,17H,2-5,8-9H2,1H3,(H2,24,25)/t13-,14+,17?. The largest absolute Gasteiger partial charge is 0.573 e. The Morgan fingerprint density at radius 1 is 1.23 bits per heavy atom. The van der Waals surface area contributed by atoms with Crippen molar-refractivity contribution in [1.29, 1.82) is 0 Å². The van der Waals surface area contributed by atoms with Gasteiger partial charge in [-0.1, -0.05) is 0 Å². The molecule has 0 bridgehead atoms. The highest BCUT2D eigenvalue weighted by Gasteiger charge is 2.57. The Hall–Kier alpha value is -2.33. The molecule has 0 aromatic carbocycles.